The first-order valence-electron chi connectivity index (χ1n) is 5.81. The van der Waals surface area contributed by atoms with Gasteiger partial charge in [-0.15, -0.1) is 5.92 Å². The Morgan fingerprint density at radius 2 is 2.00 bits per heavy atom. The van der Waals surface area contributed by atoms with Crippen LogP contribution in [0.2, 0.25) is 0 Å². The minimum atomic E-state index is -1.71. The van der Waals surface area contributed by atoms with E-state index < -0.39 is 16.5 Å². The van der Waals surface area contributed by atoms with Crippen LogP contribution in [0.3, 0.4) is 0 Å². The van der Waals surface area contributed by atoms with E-state index in [-0.39, 0.29) is 5.56 Å². The SMILES string of the molecule is CC#Cc1cncc(C(=O)N=[S-](=O)c2ccccc2)c1. The number of rotatable bonds is 2. The van der Waals surface area contributed by atoms with Crippen molar-refractivity contribution >= 4 is 16.5 Å². The summed E-state index contributed by atoms with van der Waals surface area (Å²) in [6.07, 6.45) is 2.94. The molecule has 0 spiro atoms. The lowest BCUT2D eigenvalue weighted by Gasteiger charge is -2.04. The van der Waals surface area contributed by atoms with Crippen LogP contribution in [0.5, 0.6) is 0 Å². The molecule has 0 unspecified atom stereocenters. The van der Waals surface area contributed by atoms with Crippen molar-refractivity contribution in [3.63, 3.8) is 0 Å². The Kier molecular flexibility index (Phi) is 4.64. The average molecular weight is 283 g/mol. The van der Waals surface area contributed by atoms with E-state index in [9.17, 15) is 9.00 Å². The van der Waals surface area contributed by atoms with Crippen LogP contribution in [0.15, 0.2) is 58.1 Å². The molecule has 0 atom stereocenters. The summed E-state index contributed by atoms with van der Waals surface area (Å²) in [6.45, 7) is 1.70. The van der Waals surface area contributed by atoms with Gasteiger partial charge in [0.25, 0.3) is 5.91 Å². The Morgan fingerprint density at radius 3 is 2.70 bits per heavy atom. The molecule has 1 heterocycles. The number of aromatic nitrogens is 1. The lowest BCUT2D eigenvalue weighted by molar-refractivity contribution is 0.100. The number of nitrogens with zero attached hydrogens (tertiary/aromatic N) is 2. The van der Waals surface area contributed by atoms with Crippen molar-refractivity contribution in [2.75, 3.05) is 0 Å². The van der Waals surface area contributed by atoms with Gasteiger partial charge in [0, 0.05) is 18.0 Å². The van der Waals surface area contributed by atoms with Crippen molar-refractivity contribution in [2.45, 2.75) is 11.8 Å². The van der Waals surface area contributed by atoms with Crippen molar-refractivity contribution < 1.29 is 9.00 Å². The second-order valence-corrected chi connectivity index (χ2v) is 4.95. The minimum absolute atomic E-state index is 0.273. The van der Waals surface area contributed by atoms with Gasteiger partial charge in [0.15, 0.2) is 0 Å². The van der Waals surface area contributed by atoms with Crippen molar-refractivity contribution in [2.24, 2.45) is 4.36 Å². The zero-order chi connectivity index (χ0) is 14.4. The molecule has 100 valence electrons. The fourth-order valence-electron chi connectivity index (χ4n) is 1.49. The van der Waals surface area contributed by atoms with E-state index >= 15 is 0 Å². The lowest BCUT2D eigenvalue weighted by Crippen LogP contribution is -1.97. The fraction of sp³-hybridized carbons (Fsp3) is 0.0667. The zero-order valence-corrected chi connectivity index (χ0v) is 11.6. The van der Waals surface area contributed by atoms with Gasteiger partial charge in [0.05, 0.1) is 5.56 Å². The topological polar surface area (TPSA) is 59.4 Å². The second kappa shape index (κ2) is 6.64. The standard InChI is InChI=1S/C15H11N2O2S/c1-2-6-12-9-13(11-16-10-12)15(18)17-20(19)14-7-4-3-5-8-14/h3-5,7-11H,1H3/q-1. The molecule has 0 saturated carbocycles. The van der Waals surface area contributed by atoms with E-state index in [1.165, 1.54) is 6.20 Å². The monoisotopic (exact) mass is 283 g/mol. The molecule has 1 aromatic heterocycles. The molecule has 20 heavy (non-hydrogen) atoms. The molecule has 4 nitrogen and oxygen atoms in total. The number of carbonyl (C=O) groups excluding carboxylic acids is 1. The Labute approximate surface area is 119 Å². The van der Waals surface area contributed by atoms with Gasteiger partial charge < -0.3 is 8.57 Å². The van der Waals surface area contributed by atoms with Gasteiger partial charge in [0.2, 0.25) is 0 Å². The first kappa shape index (κ1) is 14.0. The van der Waals surface area contributed by atoms with E-state index in [2.05, 4.69) is 21.2 Å². The Hall–Kier alpha value is -2.45. The first-order valence-corrected chi connectivity index (χ1v) is 6.92. The third kappa shape index (κ3) is 3.53. The van der Waals surface area contributed by atoms with Gasteiger partial charge in [-0.05, 0) is 13.0 Å². The van der Waals surface area contributed by atoms with E-state index in [1.807, 2.05) is 0 Å². The quantitative estimate of drug-likeness (QED) is 0.629. The molecule has 0 fully saturated rings. The first-order chi connectivity index (χ1) is 9.70. The number of carbonyl (C=O) groups is 1. The molecule has 2 aromatic rings. The van der Waals surface area contributed by atoms with E-state index in [4.69, 9.17) is 0 Å². The highest BCUT2D eigenvalue weighted by Crippen LogP contribution is 2.07. The minimum Gasteiger partial charge on any atom is -0.440 e. The highest BCUT2D eigenvalue weighted by molar-refractivity contribution is 7.75. The van der Waals surface area contributed by atoms with Crippen LogP contribution in [0.25, 0.3) is 0 Å². The van der Waals surface area contributed by atoms with Crippen molar-refractivity contribution in [1.82, 2.24) is 4.98 Å². The van der Waals surface area contributed by atoms with Crippen molar-refractivity contribution in [1.29, 1.82) is 0 Å². The molecular weight excluding hydrogens is 272 g/mol. The third-order valence-corrected chi connectivity index (χ3v) is 3.37. The molecule has 0 saturated heterocycles. The van der Waals surface area contributed by atoms with Gasteiger partial charge in [-0.2, -0.15) is 10.6 Å². The highest BCUT2D eigenvalue weighted by Gasteiger charge is 2.02. The number of amides is 1. The predicted molar refractivity (Wildman–Crippen MR) is 76.3 cm³/mol. The van der Waals surface area contributed by atoms with Gasteiger partial charge in [-0.1, -0.05) is 41.1 Å². The van der Waals surface area contributed by atoms with Crippen LogP contribution in [-0.4, -0.2) is 10.9 Å². The summed E-state index contributed by atoms with van der Waals surface area (Å²) in [7, 11) is -1.71. The maximum absolute atomic E-state index is 11.9. The molecule has 0 aliphatic carbocycles. The molecule has 1 aromatic carbocycles. The number of pyridine rings is 1. The summed E-state index contributed by atoms with van der Waals surface area (Å²) in [4.78, 5) is 16.3. The normalized spacial score (nSPS) is 11.4. The number of benzene rings is 1. The third-order valence-electron chi connectivity index (χ3n) is 2.37. The Balaban J connectivity index is 2.30. The summed E-state index contributed by atoms with van der Waals surface area (Å²) in [5, 5.41) is 0. The highest BCUT2D eigenvalue weighted by atomic mass is 32.2. The molecule has 0 aliphatic heterocycles. The Bertz CT molecular complexity index is 767. The molecule has 2 rings (SSSR count). The molecule has 5 heteroatoms. The molecular formula is C15H11N2O2S-. The molecule has 0 N–H and O–H groups in total. The van der Waals surface area contributed by atoms with E-state index in [1.54, 1.807) is 49.5 Å². The summed E-state index contributed by atoms with van der Waals surface area (Å²) in [6, 6.07) is 10.2. The summed E-state index contributed by atoms with van der Waals surface area (Å²) in [5.74, 6) is 4.96. The molecule has 0 bridgehead atoms. The summed E-state index contributed by atoms with van der Waals surface area (Å²) < 4.78 is 15.6. The van der Waals surface area contributed by atoms with Gasteiger partial charge in [0.1, 0.15) is 0 Å². The molecule has 0 radical (unpaired) electrons. The van der Waals surface area contributed by atoms with E-state index in [0.717, 1.165) is 0 Å². The number of hydrogen-bond acceptors (Lipinski definition) is 4. The fourth-order valence-corrected chi connectivity index (χ4v) is 2.24. The van der Waals surface area contributed by atoms with Crippen LogP contribution in [-0.2, 0) is 14.8 Å². The zero-order valence-electron chi connectivity index (χ0n) is 10.7. The van der Waals surface area contributed by atoms with Gasteiger partial charge in [-0.3, -0.25) is 9.78 Å². The lowest BCUT2D eigenvalue weighted by atomic mass is 10.2. The second-order valence-electron chi connectivity index (χ2n) is 3.80. The summed E-state index contributed by atoms with van der Waals surface area (Å²) in [5.41, 5.74) is 0.897. The number of hydrogen-bond donors (Lipinski definition) is 0. The van der Waals surface area contributed by atoms with Crippen LogP contribution < -0.4 is 0 Å². The molecule has 0 aliphatic rings. The van der Waals surface area contributed by atoms with Gasteiger partial charge in [-0.25, -0.2) is 0 Å². The maximum atomic E-state index is 11.9. The van der Waals surface area contributed by atoms with E-state index in [0.29, 0.717) is 10.5 Å². The summed E-state index contributed by atoms with van der Waals surface area (Å²) >= 11 is 0. The van der Waals surface area contributed by atoms with Crippen molar-refractivity contribution in [3.8, 4) is 11.8 Å². The Morgan fingerprint density at radius 1 is 1.25 bits per heavy atom. The van der Waals surface area contributed by atoms with Crippen LogP contribution >= 0.6 is 0 Å². The smallest absolute Gasteiger partial charge is 0.255 e. The van der Waals surface area contributed by atoms with Gasteiger partial charge >= 0.3 is 0 Å². The van der Waals surface area contributed by atoms with Crippen LogP contribution in [0, 0.1) is 11.8 Å². The van der Waals surface area contributed by atoms with Crippen LogP contribution in [0.1, 0.15) is 22.8 Å². The predicted octanol–water partition coefficient (Wildman–Crippen LogP) is 2.80. The van der Waals surface area contributed by atoms with Crippen molar-refractivity contribution in [3.05, 3.63) is 59.9 Å². The average Bonchev–Trinajstić information content (AvgIpc) is 2.48. The maximum Gasteiger partial charge on any atom is 0.255 e. The van der Waals surface area contributed by atoms with Crippen LogP contribution in [0.4, 0.5) is 0 Å². The largest absolute Gasteiger partial charge is 0.440 e. The molecule has 1 amide bonds.